The molecule has 1 atom stereocenters. The maximum absolute atomic E-state index is 12.0. The first-order valence-electron chi connectivity index (χ1n) is 6.70. The monoisotopic (exact) mass is 296 g/mol. The second-order valence-corrected chi connectivity index (χ2v) is 6.04. The lowest BCUT2D eigenvalue weighted by Gasteiger charge is -2.22. The third kappa shape index (κ3) is 5.06. The predicted molar refractivity (Wildman–Crippen MR) is 86.7 cm³/mol. The fraction of sp³-hybridized carbons (Fsp3) is 0.533. The summed E-state index contributed by atoms with van der Waals surface area (Å²) in [6.45, 7) is 4.98. The number of carbonyl (C=O) groups excluding carboxylic acids is 1. The Bertz CT molecular complexity index is 432. The number of nitrogens with zero attached hydrogens (tertiary/aromatic N) is 1. The molecule has 1 unspecified atom stereocenters. The van der Waals surface area contributed by atoms with Gasteiger partial charge in [-0.25, -0.2) is 0 Å². The summed E-state index contributed by atoms with van der Waals surface area (Å²) in [6.07, 6.45) is 1.93. The van der Waals surface area contributed by atoms with Gasteiger partial charge < -0.3 is 15.3 Å². The number of rotatable bonds is 7. The molecule has 0 saturated carbocycles. The van der Waals surface area contributed by atoms with Crippen molar-refractivity contribution >= 4 is 23.4 Å². The number of aliphatic hydroxyl groups is 1. The minimum Gasteiger partial charge on any atom is -0.387 e. The van der Waals surface area contributed by atoms with Gasteiger partial charge >= 0.3 is 0 Å². The zero-order valence-corrected chi connectivity index (χ0v) is 13.5. The Morgan fingerprint density at radius 1 is 1.40 bits per heavy atom. The van der Waals surface area contributed by atoms with E-state index in [4.69, 9.17) is 0 Å². The molecule has 1 amide bonds. The first kappa shape index (κ1) is 16.9. The summed E-state index contributed by atoms with van der Waals surface area (Å²) >= 11 is 1.56. The van der Waals surface area contributed by atoms with Gasteiger partial charge in [0.05, 0.1) is 5.60 Å². The van der Waals surface area contributed by atoms with Crippen LogP contribution in [0.15, 0.2) is 24.3 Å². The Morgan fingerprint density at radius 3 is 2.50 bits per heavy atom. The van der Waals surface area contributed by atoms with E-state index in [-0.39, 0.29) is 12.5 Å². The lowest BCUT2D eigenvalue weighted by atomic mass is 10.1. The molecule has 5 heteroatoms. The number of hydrogen-bond acceptors (Lipinski definition) is 4. The van der Waals surface area contributed by atoms with Crippen LogP contribution < -0.4 is 10.2 Å². The second-order valence-electron chi connectivity index (χ2n) is 5.17. The average Bonchev–Trinajstić information content (AvgIpc) is 2.44. The smallest absolute Gasteiger partial charge is 0.251 e. The summed E-state index contributed by atoms with van der Waals surface area (Å²) in [4.78, 5) is 14.1. The third-order valence-corrected chi connectivity index (χ3v) is 4.04. The molecule has 1 aromatic rings. The van der Waals surface area contributed by atoms with Crippen molar-refractivity contribution in [2.24, 2.45) is 0 Å². The largest absolute Gasteiger partial charge is 0.387 e. The summed E-state index contributed by atoms with van der Waals surface area (Å²) in [7, 11) is 2.01. The van der Waals surface area contributed by atoms with E-state index in [2.05, 4.69) is 17.1 Å². The Balaban J connectivity index is 2.60. The highest BCUT2D eigenvalue weighted by Crippen LogP contribution is 2.14. The summed E-state index contributed by atoms with van der Waals surface area (Å²) in [5, 5.41) is 12.8. The summed E-state index contributed by atoms with van der Waals surface area (Å²) in [5.41, 5.74) is 0.814. The van der Waals surface area contributed by atoms with E-state index >= 15 is 0 Å². The first-order valence-corrected chi connectivity index (χ1v) is 8.09. The van der Waals surface area contributed by atoms with Crippen LogP contribution in [0, 0.1) is 0 Å². The van der Waals surface area contributed by atoms with Gasteiger partial charge in [-0.1, -0.05) is 0 Å². The molecule has 0 aromatic heterocycles. The second kappa shape index (κ2) is 7.55. The van der Waals surface area contributed by atoms with Crippen LogP contribution in [0.2, 0.25) is 0 Å². The van der Waals surface area contributed by atoms with Crippen LogP contribution in [0.1, 0.15) is 24.2 Å². The molecule has 0 spiro atoms. The quantitative estimate of drug-likeness (QED) is 0.808. The van der Waals surface area contributed by atoms with Crippen LogP contribution in [0.5, 0.6) is 0 Å². The molecular weight excluding hydrogens is 272 g/mol. The molecule has 0 radical (unpaired) electrons. The molecule has 20 heavy (non-hydrogen) atoms. The molecule has 0 saturated heterocycles. The molecule has 0 aliphatic rings. The van der Waals surface area contributed by atoms with Gasteiger partial charge in [-0.3, -0.25) is 4.79 Å². The van der Waals surface area contributed by atoms with E-state index in [9.17, 15) is 9.90 Å². The topological polar surface area (TPSA) is 52.6 Å². The molecule has 112 valence electrons. The van der Waals surface area contributed by atoms with E-state index in [0.717, 1.165) is 12.2 Å². The van der Waals surface area contributed by atoms with Gasteiger partial charge in [0.15, 0.2) is 0 Å². The Morgan fingerprint density at radius 2 is 2.00 bits per heavy atom. The van der Waals surface area contributed by atoms with E-state index in [1.807, 2.05) is 25.4 Å². The Labute approximate surface area is 125 Å². The molecule has 4 nitrogen and oxygen atoms in total. The van der Waals surface area contributed by atoms with Crippen LogP contribution in [-0.4, -0.2) is 48.8 Å². The van der Waals surface area contributed by atoms with E-state index in [1.54, 1.807) is 30.8 Å². The van der Waals surface area contributed by atoms with Gasteiger partial charge in [-0.15, -0.1) is 0 Å². The normalized spacial score (nSPS) is 13.7. The minimum absolute atomic E-state index is 0.155. The van der Waals surface area contributed by atoms with Crippen LogP contribution in [0.3, 0.4) is 0 Å². The number of amides is 1. The summed E-state index contributed by atoms with van der Waals surface area (Å²) in [5.74, 6) is 0.435. The zero-order valence-electron chi connectivity index (χ0n) is 12.6. The van der Waals surface area contributed by atoms with Gasteiger partial charge in [-0.2, -0.15) is 11.8 Å². The van der Waals surface area contributed by atoms with Crippen molar-refractivity contribution in [3.8, 4) is 0 Å². The minimum atomic E-state index is -0.878. The maximum atomic E-state index is 12.0. The highest BCUT2D eigenvalue weighted by molar-refractivity contribution is 7.98. The lowest BCUT2D eigenvalue weighted by Crippen LogP contribution is -2.42. The van der Waals surface area contributed by atoms with E-state index in [1.165, 1.54) is 0 Å². The van der Waals surface area contributed by atoms with Crippen molar-refractivity contribution in [2.75, 3.05) is 37.0 Å². The summed E-state index contributed by atoms with van der Waals surface area (Å²) < 4.78 is 0. The standard InChI is InChI=1S/C15H24N2O2S/c1-5-17(3)13-8-6-12(7-9-13)14(18)16-10-15(2,19)11-20-4/h6-9,19H,5,10-11H2,1-4H3,(H,16,18). The Kier molecular flexibility index (Phi) is 6.36. The van der Waals surface area contributed by atoms with Crippen LogP contribution in [0.25, 0.3) is 0 Å². The fourth-order valence-corrected chi connectivity index (χ4v) is 2.51. The number of benzene rings is 1. The number of anilines is 1. The first-order chi connectivity index (χ1) is 9.39. The number of hydrogen-bond donors (Lipinski definition) is 2. The molecule has 2 N–H and O–H groups in total. The SMILES string of the molecule is CCN(C)c1ccc(C(=O)NCC(C)(O)CSC)cc1. The van der Waals surface area contributed by atoms with Crippen molar-refractivity contribution in [3.63, 3.8) is 0 Å². The average molecular weight is 296 g/mol. The van der Waals surface area contributed by atoms with E-state index < -0.39 is 5.60 Å². The zero-order chi connectivity index (χ0) is 15.2. The highest BCUT2D eigenvalue weighted by atomic mass is 32.2. The molecule has 0 aliphatic carbocycles. The number of nitrogens with one attached hydrogen (secondary N) is 1. The van der Waals surface area contributed by atoms with Crippen LogP contribution in [-0.2, 0) is 0 Å². The van der Waals surface area contributed by atoms with Crippen LogP contribution in [0.4, 0.5) is 5.69 Å². The van der Waals surface area contributed by atoms with Crippen molar-refractivity contribution in [1.82, 2.24) is 5.32 Å². The molecule has 0 heterocycles. The Hall–Kier alpha value is -1.20. The van der Waals surface area contributed by atoms with Crippen molar-refractivity contribution in [3.05, 3.63) is 29.8 Å². The van der Waals surface area contributed by atoms with Gasteiger partial charge in [-0.05, 0) is 44.4 Å². The molecule has 0 aliphatic heterocycles. The molecule has 0 fully saturated rings. The van der Waals surface area contributed by atoms with Crippen molar-refractivity contribution in [2.45, 2.75) is 19.4 Å². The van der Waals surface area contributed by atoms with Crippen LogP contribution >= 0.6 is 11.8 Å². The van der Waals surface area contributed by atoms with Gasteiger partial charge in [0.25, 0.3) is 5.91 Å². The molecular formula is C15H24N2O2S. The summed E-state index contributed by atoms with van der Waals surface area (Å²) in [6, 6.07) is 7.47. The molecule has 0 bridgehead atoms. The van der Waals surface area contributed by atoms with Crippen molar-refractivity contribution in [1.29, 1.82) is 0 Å². The van der Waals surface area contributed by atoms with Gasteiger partial charge in [0.1, 0.15) is 0 Å². The van der Waals surface area contributed by atoms with Gasteiger partial charge in [0, 0.05) is 37.1 Å². The molecule has 1 rings (SSSR count). The van der Waals surface area contributed by atoms with E-state index in [0.29, 0.717) is 11.3 Å². The number of carbonyl (C=O) groups is 1. The predicted octanol–water partition coefficient (Wildman–Crippen LogP) is 1.99. The lowest BCUT2D eigenvalue weighted by molar-refractivity contribution is 0.0725. The van der Waals surface area contributed by atoms with Gasteiger partial charge in [0.2, 0.25) is 0 Å². The fourth-order valence-electron chi connectivity index (χ4n) is 1.78. The number of thioether (sulfide) groups is 1. The maximum Gasteiger partial charge on any atom is 0.251 e. The highest BCUT2D eigenvalue weighted by Gasteiger charge is 2.20. The third-order valence-electron chi connectivity index (χ3n) is 3.13. The molecule has 1 aromatic carbocycles. The van der Waals surface area contributed by atoms with Crippen molar-refractivity contribution < 1.29 is 9.90 Å².